The molecule has 4 rings (SSSR count). The van der Waals surface area contributed by atoms with Crippen molar-refractivity contribution < 1.29 is 37.3 Å². The van der Waals surface area contributed by atoms with Crippen LogP contribution in [-0.2, 0) is 15.1 Å². The van der Waals surface area contributed by atoms with Crippen LogP contribution in [0, 0.1) is 0 Å². The van der Waals surface area contributed by atoms with Crippen LogP contribution >= 0.6 is 11.6 Å². The minimum atomic E-state index is -3.45. The summed E-state index contributed by atoms with van der Waals surface area (Å²) in [5, 5.41) is 12.4. The average Bonchev–Trinajstić information content (AvgIpc) is 2.98. The fourth-order valence-electron chi connectivity index (χ4n) is 4.73. The smallest absolute Gasteiger partial charge is 0.367 e. The molecule has 0 spiro atoms. The number of benzene rings is 3. The molecule has 0 amide bonds. The highest BCUT2D eigenvalue weighted by Gasteiger charge is 2.40. The van der Waals surface area contributed by atoms with Gasteiger partial charge < -0.3 is 19.3 Å². The van der Waals surface area contributed by atoms with Crippen LogP contribution in [0.2, 0.25) is 0 Å². The van der Waals surface area contributed by atoms with Crippen LogP contribution in [0.3, 0.4) is 0 Å². The SMILES string of the molecule is CCC(c1ccccc1)C(O)(c1ccc(OCCCl)cc1)c1ccc(OC2CCCCO2)cc1.O=C(F)C(F)F. The molecule has 3 aromatic carbocycles. The highest BCUT2D eigenvalue weighted by molar-refractivity contribution is 6.18. The van der Waals surface area contributed by atoms with Gasteiger partial charge in [-0.05, 0) is 60.2 Å². The fourth-order valence-corrected chi connectivity index (χ4v) is 4.81. The van der Waals surface area contributed by atoms with Gasteiger partial charge in [0.2, 0.25) is 0 Å². The Balaban J connectivity index is 0.000000663. The molecule has 5 nitrogen and oxygen atoms in total. The van der Waals surface area contributed by atoms with Crippen molar-refractivity contribution in [3.63, 3.8) is 0 Å². The first-order chi connectivity index (χ1) is 19.3. The van der Waals surface area contributed by atoms with Gasteiger partial charge in [-0.25, -0.2) is 0 Å². The number of carbonyl (C=O) groups is 1. The lowest BCUT2D eigenvalue weighted by Crippen LogP contribution is -2.35. The van der Waals surface area contributed by atoms with E-state index in [1.54, 1.807) is 0 Å². The largest absolute Gasteiger partial charge is 0.492 e. The van der Waals surface area contributed by atoms with E-state index in [1.165, 1.54) is 0 Å². The molecule has 1 saturated heterocycles. The first kappa shape index (κ1) is 31.5. The van der Waals surface area contributed by atoms with Gasteiger partial charge in [-0.15, -0.1) is 11.6 Å². The Morgan fingerprint density at radius 1 is 1.00 bits per heavy atom. The number of carbonyl (C=O) groups excluding carboxylic acids is 1. The van der Waals surface area contributed by atoms with E-state index in [2.05, 4.69) is 19.1 Å². The van der Waals surface area contributed by atoms with Gasteiger partial charge in [0.05, 0.1) is 12.5 Å². The third-order valence-electron chi connectivity index (χ3n) is 6.63. The molecule has 3 atom stereocenters. The van der Waals surface area contributed by atoms with Crippen LogP contribution in [0.4, 0.5) is 13.2 Å². The van der Waals surface area contributed by atoms with Crippen molar-refractivity contribution in [2.24, 2.45) is 0 Å². The Labute approximate surface area is 237 Å². The number of aliphatic hydroxyl groups is 1. The number of hydrogen-bond donors (Lipinski definition) is 1. The molecule has 1 fully saturated rings. The van der Waals surface area contributed by atoms with Crippen molar-refractivity contribution in [2.75, 3.05) is 19.1 Å². The molecule has 0 saturated carbocycles. The molecule has 216 valence electrons. The first-order valence-electron chi connectivity index (χ1n) is 13.2. The third-order valence-corrected chi connectivity index (χ3v) is 6.78. The van der Waals surface area contributed by atoms with Gasteiger partial charge in [0, 0.05) is 12.3 Å². The summed E-state index contributed by atoms with van der Waals surface area (Å²) >= 11 is 5.75. The van der Waals surface area contributed by atoms with Crippen molar-refractivity contribution >= 4 is 17.6 Å². The summed E-state index contributed by atoms with van der Waals surface area (Å²) in [4.78, 5) is 8.73. The Morgan fingerprint density at radius 2 is 1.57 bits per heavy atom. The molecule has 1 aliphatic rings. The monoisotopic (exact) mass is 578 g/mol. The van der Waals surface area contributed by atoms with Gasteiger partial charge in [0.15, 0.2) is 6.29 Å². The highest BCUT2D eigenvalue weighted by Crippen LogP contribution is 2.45. The van der Waals surface area contributed by atoms with E-state index in [0.717, 1.165) is 60.5 Å². The number of halogens is 4. The minimum Gasteiger partial charge on any atom is -0.492 e. The van der Waals surface area contributed by atoms with E-state index in [9.17, 15) is 18.3 Å². The van der Waals surface area contributed by atoms with Crippen molar-refractivity contribution in [3.8, 4) is 11.5 Å². The van der Waals surface area contributed by atoms with Crippen LogP contribution in [-0.4, -0.2) is 43.0 Å². The third kappa shape index (κ3) is 8.46. The van der Waals surface area contributed by atoms with Crippen LogP contribution < -0.4 is 9.47 Å². The predicted octanol–water partition coefficient (Wildman–Crippen LogP) is 7.39. The molecular formula is C31H34ClF3O5. The maximum atomic E-state index is 12.4. The number of ether oxygens (including phenoxy) is 3. The molecule has 0 radical (unpaired) electrons. The zero-order chi connectivity index (χ0) is 29.0. The molecule has 0 aliphatic carbocycles. The molecule has 1 aliphatic heterocycles. The van der Waals surface area contributed by atoms with Crippen LogP contribution in [0.5, 0.6) is 11.5 Å². The molecule has 1 N–H and O–H groups in total. The highest BCUT2D eigenvalue weighted by atomic mass is 35.5. The Hall–Kier alpha value is -3.07. The van der Waals surface area contributed by atoms with Crippen molar-refractivity contribution in [2.45, 2.75) is 56.8 Å². The lowest BCUT2D eigenvalue weighted by atomic mass is 9.72. The normalized spacial score (nSPS) is 17.2. The van der Waals surface area contributed by atoms with Crippen LogP contribution in [0.25, 0.3) is 0 Å². The summed E-state index contributed by atoms with van der Waals surface area (Å²) in [6.45, 7) is 3.29. The summed E-state index contributed by atoms with van der Waals surface area (Å²) < 4.78 is 48.7. The van der Waals surface area contributed by atoms with Gasteiger partial charge in [-0.1, -0.05) is 61.5 Å². The van der Waals surface area contributed by atoms with Crippen molar-refractivity contribution in [1.29, 1.82) is 0 Å². The first-order valence-corrected chi connectivity index (χ1v) is 13.8. The molecule has 0 bridgehead atoms. The average molecular weight is 579 g/mol. The van der Waals surface area contributed by atoms with Crippen LogP contribution in [0.15, 0.2) is 78.9 Å². The lowest BCUT2D eigenvalue weighted by molar-refractivity contribution is -0.140. The maximum absolute atomic E-state index is 12.4. The van der Waals surface area contributed by atoms with E-state index in [1.807, 2.05) is 66.7 Å². The molecule has 1 heterocycles. The topological polar surface area (TPSA) is 65.0 Å². The Kier molecular flexibility index (Phi) is 12.3. The summed E-state index contributed by atoms with van der Waals surface area (Å²) in [5.41, 5.74) is 1.48. The zero-order valence-electron chi connectivity index (χ0n) is 22.3. The van der Waals surface area contributed by atoms with E-state index in [0.29, 0.717) is 12.5 Å². The Morgan fingerprint density at radius 3 is 2.05 bits per heavy atom. The standard InChI is InChI=1S/C29H33ClO4.C2HF3O/c1-2-27(22-8-4-3-5-9-22)29(31,23-11-15-25(16-12-23)32-21-19-30)24-13-17-26(18-14-24)34-28-10-6-7-20-33-28;3-1(4)2(5)6/h3-5,8-9,11-18,27-28,31H,2,6-7,10,19-21H2,1H3;1H. The second-order valence-corrected chi connectivity index (χ2v) is 9.62. The predicted molar refractivity (Wildman–Crippen MR) is 148 cm³/mol. The molecule has 40 heavy (non-hydrogen) atoms. The van der Waals surface area contributed by atoms with E-state index in [4.69, 9.17) is 30.6 Å². The number of rotatable bonds is 11. The van der Waals surface area contributed by atoms with E-state index < -0.39 is 18.1 Å². The van der Waals surface area contributed by atoms with Crippen LogP contribution in [0.1, 0.15) is 55.2 Å². The number of hydrogen-bond acceptors (Lipinski definition) is 5. The van der Waals surface area contributed by atoms with Crippen molar-refractivity contribution in [1.82, 2.24) is 0 Å². The van der Waals surface area contributed by atoms with E-state index >= 15 is 0 Å². The molecule has 0 aromatic heterocycles. The quantitative estimate of drug-likeness (QED) is 0.190. The molecular weight excluding hydrogens is 545 g/mol. The molecule has 3 unspecified atom stereocenters. The Bertz CT molecular complexity index is 1160. The van der Waals surface area contributed by atoms with E-state index in [-0.39, 0.29) is 12.2 Å². The van der Waals surface area contributed by atoms with Gasteiger partial charge in [-0.2, -0.15) is 13.2 Å². The van der Waals surface area contributed by atoms with Gasteiger partial charge >= 0.3 is 12.5 Å². The zero-order valence-corrected chi connectivity index (χ0v) is 23.0. The summed E-state index contributed by atoms with van der Waals surface area (Å²) in [6, 6.07) is 23.0. The second-order valence-electron chi connectivity index (χ2n) is 9.24. The molecule has 9 heteroatoms. The molecule has 3 aromatic rings. The van der Waals surface area contributed by atoms with Gasteiger partial charge in [0.25, 0.3) is 0 Å². The summed E-state index contributed by atoms with van der Waals surface area (Å²) in [7, 11) is 0. The summed E-state index contributed by atoms with van der Waals surface area (Å²) in [5.74, 6) is 1.76. The number of alkyl halides is 3. The fraction of sp³-hybridized carbons (Fsp3) is 0.387. The van der Waals surface area contributed by atoms with Gasteiger partial charge in [-0.3, -0.25) is 4.79 Å². The lowest BCUT2D eigenvalue weighted by Gasteiger charge is -2.37. The minimum absolute atomic E-state index is 0.142. The summed E-state index contributed by atoms with van der Waals surface area (Å²) in [6.07, 6.45) is 0.202. The second kappa shape index (κ2) is 15.6. The van der Waals surface area contributed by atoms with Crippen molar-refractivity contribution in [3.05, 3.63) is 95.6 Å². The van der Waals surface area contributed by atoms with Gasteiger partial charge in [0.1, 0.15) is 23.7 Å². The maximum Gasteiger partial charge on any atom is 0.367 e.